The van der Waals surface area contributed by atoms with Crippen LogP contribution in [0.4, 0.5) is 0 Å². The van der Waals surface area contributed by atoms with Gasteiger partial charge in [-0.1, -0.05) is 0 Å². The van der Waals surface area contributed by atoms with Crippen LogP contribution in [0.15, 0.2) is 42.5 Å². The van der Waals surface area contributed by atoms with Gasteiger partial charge in [-0.05, 0) is 55.3 Å². The van der Waals surface area contributed by atoms with E-state index >= 15 is 0 Å². The summed E-state index contributed by atoms with van der Waals surface area (Å²) < 4.78 is 6.84. The molecule has 4 aromatic rings. The maximum absolute atomic E-state index is 12.4. The first-order valence-corrected chi connectivity index (χ1v) is 9.40. The minimum atomic E-state index is -0.254. The van der Waals surface area contributed by atoms with Gasteiger partial charge >= 0.3 is 0 Å². The van der Waals surface area contributed by atoms with E-state index in [0.29, 0.717) is 23.1 Å². The van der Waals surface area contributed by atoms with E-state index < -0.39 is 0 Å². The number of aromatic nitrogens is 6. The first kappa shape index (κ1) is 17.4. The summed E-state index contributed by atoms with van der Waals surface area (Å²) in [6.07, 6.45) is 2.30. The fraction of sp³-hybridized carbons (Fsp3) is 0.250. The van der Waals surface area contributed by atoms with Crippen LogP contribution in [0.5, 0.6) is 5.75 Å². The van der Waals surface area contributed by atoms with Crippen molar-refractivity contribution in [3.8, 4) is 17.0 Å². The van der Waals surface area contributed by atoms with Crippen LogP contribution in [-0.4, -0.2) is 43.0 Å². The summed E-state index contributed by atoms with van der Waals surface area (Å²) in [6, 6.07) is 13.2. The Balaban J connectivity index is 1.34. The quantitative estimate of drug-likeness (QED) is 0.524. The van der Waals surface area contributed by atoms with Crippen molar-refractivity contribution in [3.05, 3.63) is 59.7 Å². The van der Waals surface area contributed by atoms with Crippen molar-refractivity contribution in [2.45, 2.75) is 25.3 Å². The molecule has 1 fully saturated rings. The molecule has 0 bridgehead atoms. The summed E-state index contributed by atoms with van der Waals surface area (Å²) in [5.41, 5.74) is 3.73. The fourth-order valence-electron chi connectivity index (χ4n) is 3.17. The molecule has 1 aliphatic rings. The third-order valence-corrected chi connectivity index (χ3v) is 4.97. The minimum Gasteiger partial charge on any atom is -0.497 e. The van der Waals surface area contributed by atoms with E-state index in [4.69, 9.17) is 4.74 Å². The predicted molar refractivity (Wildman–Crippen MR) is 105 cm³/mol. The number of methoxy groups -OCH3 is 1. The first-order valence-electron chi connectivity index (χ1n) is 9.40. The molecule has 9 heteroatoms. The maximum Gasteiger partial charge on any atom is 0.272 e. The molecule has 3 heterocycles. The zero-order chi connectivity index (χ0) is 19.8. The van der Waals surface area contributed by atoms with Gasteiger partial charge in [-0.15, -0.1) is 10.2 Å². The maximum atomic E-state index is 12.4. The summed E-state index contributed by atoms with van der Waals surface area (Å²) in [6.45, 7) is 0.199. The molecule has 3 aromatic heterocycles. The molecule has 5 rings (SSSR count). The minimum absolute atomic E-state index is 0.199. The lowest BCUT2D eigenvalue weighted by molar-refractivity contribution is 0.0944. The van der Waals surface area contributed by atoms with E-state index in [1.165, 1.54) is 0 Å². The highest BCUT2D eigenvalue weighted by atomic mass is 16.5. The second-order valence-corrected chi connectivity index (χ2v) is 7.00. The van der Waals surface area contributed by atoms with Gasteiger partial charge in [-0.2, -0.15) is 14.7 Å². The molecule has 1 saturated carbocycles. The SMILES string of the molecule is COc1ccc(-c2ccc3nnc(CNC(=O)c4cc(C5CC5)[nH]n4)n3n2)cc1. The number of nitrogens with zero attached hydrogens (tertiary/aromatic N) is 5. The third kappa shape index (κ3) is 3.42. The molecule has 1 amide bonds. The number of fused-ring (bicyclic) bond motifs is 1. The fourth-order valence-corrected chi connectivity index (χ4v) is 3.17. The number of H-pyrrole nitrogens is 1. The zero-order valence-corrected chi connectivity index (χ0v) is 15.8. The van der Waals surface area contributed by atoms with E-state index in [-0.39, 0.29) is 12.5 Å². The van der Waals surface area contributed by atoms with Gasteiger partial charge < -0.3 is 10.1 Å². The second-order valence-electron chi connectivity index (χ2n) is 7.00. The summed E-state index contributed by atoms with van der Waals surface area (Å²) >= 11 is 0. The van der Waals surface area contributed by atoms with Crippen molar-refractivity contribution >= 4 is 11.6 Å². The van der Waals surface area contributed by atoms with Gasteiger partial charge in [0.15, 0.2) is 11.5 Å². The lowest BCUT2D eigenvalue weighted by atomic mass is 10.1. The number of nitrogens with one attached hydrogen (secondary N) is 2. The number of aromatic amines is 1. The van der Waals surface area contributed by atoms with E-state index in [1.807, 2.05) is 42.5 Å². The van der Waals surface area contributed by atoms with Crippen LogP contribution < -0.4 is 10.1 Å². The molecule has 0 aliphatic heterocycles. The lowest BCUT2D eigenvalue weighted by Gasteiger charge is -2.05. The molecule has 9 nitrogen and oxygen atoms in total. The molecule has 0 unspecified atom stereocenters. The van der Waals surface area contributed by atoms with Crippen LogP contribution in [0.3, 0.4) is 0 Å². The average molecular weight is 389 g/mol. The number of hydrogen-bond donors (Lipinski definition) is 2. The van der Waals surface area contributed by atoms with Crippen molar-refractivity contribution in [2.24, 2.45) is 0 Å². The van der Waals surface area contributed by atoms with Crippen LogP contribution in [0, 0.1) is 0 Å². The Kier molecular flexibility index (Phi) is 4.19. The van der Waals surface area contributed by atoms with Gasteiger partial charge in [-0.25, -0.2) is 0 Å². The number of rotatable bonds is 6. The number of amides is 1. The van der Waals surface area contributed by atoms with Crippen molar-refractivity contribution in [2.75, 3.05) is 7.11 Å². The molecule has 0 radical (unpaired) electrons. The topological polar surface area (TPSA) is 110 Å². The standard InChI is InChI=1S/C20H19N7O2/c1-29-14-6-4-12(5-7-14)15-8-9-18-24-25-19(27(18)26-15)11-21-20(28)17-10-16(22-23-17)13-2-3-13/h4-10,13H,2-3,11H2,1H3,(H,21,28)(H,22,23). The van der Waals surface area contributed by atoms with Gasteiger partial charge in [0.1, 0.15) is 11.4 Å². The van der Waals surface area contributed by atoms with Gasteiger partial charge in [0, 0.05) is 17.2 Å². The number of carbonyl (C=O) groups excluding carboxylic acids is 1. The highest BCUT2D eigenvalue weighted by molar-refractivity contribution is 5.92. The Morgan fingerprint density at radius 1 is 1.21 bits per heavy atom. The molecule has 146 valence electrons. The molecule has 29 heavy (non-hydrogen) atoms. The molecule has 0 atom stereocenters. The number of carbonyl (C=O) groups is 1. The molecule has 1 aromatic carbocycles. The molecule has 0 spiro atoms. The third-order valence-electron chi connectivity index (χ3n) is 4.97. The largest absolute Gasteiger partial charge is 0.497 e. The van der Waals surface area contributed by atoms with Gasteiger partial charge in [0.2, 0.25) is 0 Å². The van der Waals surface area contributed by atoms with E-state index in [0.717, 1.165) is 35.5 Å². The molecular weight excluding hydrogens is 370 g/mol. The number of ether oxygens (including phenoxy) is 1. The van der Waals surface area contributed by atoms with Gasteiger partial charge in [-0.3, -0.25) is 9.89 Å². The summed E-state index contributed by atoms with van der Waals surface area (Å²) in [7, 11) is 1.63. The number of hydrogen-bond acceptors (Lipinski definition) is 6. The van der Waals surface area contributed by atoms with Crippen molar-refractivity contribution < 1.29 is 9.53 Å². The summed E-state index contributed by atoms with van der Waals surface area (Å²) in [5.74, 6) is 1.59. The van der Waals surface area contributed by atoms with Crippen LogP contribution in [-0.2, 0) is 6.54 Å². The van der Waals surface area contributed by atoms with Crippen LogP contribution in [0.2, 0.25) is 0 Å². The van der Waals surface area contributed by atoms with E-state index in [1.54, 1.807) is 11.6 Å². The molecule has 2 N–H and O–H groups in total. The van der Waals surface area contributed by atoms with Crippen LogP contribution in [0.25, 0.3) is 16.9 Å². The van der Waals surface area contributed by atoms with Crippen molar-refractivity contribution in [1.82, 2.24) is 35.3 Å². The Hall–Kier alpha value is -3.75. The van der Waals surface area contributed by atoms with Crippen LogP contribution in [0.1, 0.15) is 40.8 Å². The van der Waals surface area contributed by atoms with E-state index in [9.17, 15) is 4.79 Å². The van der Waals surface area contributed by atoms with Gasteiger partial charge in [0.05, 0.1) is 19.3 Å². The Bertz CT molecular complexity index is 1180. The highest BCUT2D eigenvalue weighted by Gasteiger charge is 2.26. The first-order chi connectivity index (χ1) is 14.2. The Labute approximate surface area is 166 Å². The summed E-state index contributed by atoms with van der Waals surface area (Å²) in [4.78, 5) is 12.4. The molecule has 1 aliphatic carbocycles. The van der Waals surface area contributed by atoms with Gasteiger partial charge in [0.25, 0.3) is 5.91 Å². The number of benzene rings is 1. The normalized spacial score (nSPS) is 13.6. The highest BCUT2D eigenvalue weighted by Crippen LogP contribution is 2.38. The van der Waals surface area contributed by atoms with Crippen LogP contribution >= 0.6 is 0 Å². The lowest BCUT2D eigenvalue weighted by Crippen LogP contribution is -2.24. The molecule has 0 saturated heterocycles. The van der Waals surface area contributed by atoms with Crippen molar-refractivity contribution in [1.29, 1.82) is 0 Å². The Morgan fingerprint density at radius 3 is 2.79 bits per heavy atom. The van der Waals surface area contributed by atoms with Crippen molar-refractivity contribution in [3.63, 3.8) is 0 Å². The molecular formula is C20H19N7O2. The Morgan fingerprint density at radius 2 is 2.03 bits per heavy atom. The second kappa shape index (κ2) is 7.01. The predicted octanol–water partition coefficient (Wildman–Crippen LogP) is 2.33. The monoisotopic (exact) mass is 389 g/mol. The zero-order valence-electron chi connectivity index (χ0n) is 15.8. The average Bonchev–Trinajstić information content (AvgIpc) is 3.35. The van der Waals surface area contributed by atoms with E-state index in [2.05, 4.69) is 30.8 Å². The summed E-state index contributed by atoms with van der Waals surface area (Å²) in [5, 5.41) is 22.8. The smallest absolute Gasteiger partial charge is 0.272 e.